The Morgan fingerprint density at radius 3 is 2.65 bits per heavy atom. The summed E-state index contributed by atoms with van der Waals surface area (Å²) in [5, 5.41) is 5.88. The van der Waals surface area contributed by atoms with Gasteiger partial charge in [-0.15, -0.1) is 0 Å². The molecule has 0 aromatic carbocycles. The SMILES string of the molecule is NC1CCC(CNC(=O)NC2CCOC2)CC1. The van der Waals surface area contributed by atoms with E-state index in [0.29, 0.717) is 18.6 Å². The average molecular weight is 241 g/mol. The lowest BCUT2D eigenvalue weighted by Gasteiger charge is -2.26. The third-order valence-corrected chi connectivity index (χ3v) is 3.71. The number of ether oxygens (including phenoxy) is 1. The molecule has 1 saturated heterocycles. The summed E-state index contributed by atoms with van der Waals surface area (Å²) in [6.07, 6.45) is 5.36. The highest BCUT2D eigenvalue weighted by Gasteiger charge is 2.20. The van der Waals surface area contributed by atoms with Crippen molar-refractivity contribution in [2.45, 2.75) is 44.2 Å². The van der Waals surface area contributed by atoms with Crippen LogP contribution in [0.1, 0.15) is 32.1 Å². The summed E-state index contributed by atoms with van der Waals surface area (Å²) in [7, 11) is 0. The van der Waals surface area contributed by atoms with Crippen LogP contribution in [0.5, 0.6) is 0 Å². The molecule has 2 aliphatic rings. The molecular formula is C12H23N3O2. The third-order valence-electron chi connectivity index (χ3n) is 3.71. The van der Waals surface area contributed by atoms with Crippen LogP contribution in [0.25, 0.3) is 0 Å². The van der Waals surface area contributed by atoms with Crippen molar-refractivity contribution >= 4 is 6.03 Å². The van der Waals surface area contributed by atoms with Crippen molar-refractivity contribution < 1.29 is 9.53 Å². The topological polar surface area (TPSA) is 76.4 Å². The second kappa shape index (κ2) is 6.21. The van der Waals surface area contributed by atoms with Gasteiger partial charge in [0.1, 0.15) is 0 Å². The zero-order valence-corrected chi connectivity index (χ0v) is 10.3. The zero-order valence-electron chi connectivity index (χ0n) is 10.3. The van der Waals surface area contributed by atoms with Gasteiger partial charge in [-0.1, -0.05) is 0 Å². The maximum atomic E-state index is 11.6. The monoisotopic (exact) mass is 241 g/mol. The normalized spacial score (nSPS) is 33.4. The molecule has 1 atom stereocenters. The summed E-state index contributed by atoms with van der Waals surface area (Å²) < 4.78 is 5.21. The maximum absolute atomic E-state index is 11.6. The minimum absolute atomic E-state index is 0.0598. The van der Waals surface area contributed by atoms with E-state index >= 15 is 0 Å². The van der Waals surface area contributed by atoms with Gasteiger partial charge in [-0.3, -0.25) is 0 Å². The fraction of sp³-hybridized carbons (Fsp3) is 0.917. The van der Waals surface area contributed by atoms with Gasteiger partial charge in [0, 0.05) is 19.2 Å². The van der Waals surface area contributed by atoms with Gasteiger partial charge in [-0.05, 0) is 38.0 Å². The number of hydrogen-bond acceptors (Lipinski definition) is 3. The summed E-state index contributed by atoms with van der Waals surface area (Å²) in [6.45, 7) is 2.17. The number of urea groups is 1. The van der Waals surface area contributed by atoms with Gasteiger partial charge in [0.15, 0.2) is 0 Å². The summed E-state index contributed by atoms with van der Waals surface area (Å²) in [5.41, 5.74) is 5.85. The third kappa shape index (κ3) is 4.16. The molecule has 17 heavy (non-hydrogen) atoms. The zero-order chi connectivity index (χ0) is 12.1. The fourth-order valence-electron chi connectivity index (χ4n) is 2.51. The van der Waals surface area contributed by atoms with Crippen molar-refractivity contribution in [2.75, 3.05) is 19.8 Å². The highest BCUT2D eigenvalue weighted by atomic mass is 16.5. The van der Waals surface area contributed by atoms with E-state index in [4.69, 9.17) is 10.5 Å². The van der Waals surface area contributed by atoms with E-state index in [0.717, 1.165) is 45.3 Å². The minimum Gasteiger partial charge on any atom is -0.379 e. The number of nitrogens with one attached hydrogen (secondary N) is 2. The van der Waals surface area contributed by atoms with Crippen LogP contribution < -0.4 is 16.4 Å². The average Bonchev–Trinajstić information content (AvgIpc) is 2.81. The predicted molar refractivity (Wildman–Crippen MR) is 65.7 cm³/mol. The number of hydrogen-bond donors (Lipinski definition) is 3. The molecule has 1 aliphatic carbocycles. The number of carbonyl (C=O) groups excluding carboxylic acids is 1. The quantitative estimate of drug-likeness (QED) is 0.677. The molecule has 2 rings (SSSR count). The van der Waals surface area contributed by atoms with Gasteiger partial charge in [-0.2, -0.15) is 0 Å². The second-order valence-corrected chi connectivity index (χ2v) is 5.20. The predicted octanol–water partition coefficient (Wildman–Crippen LogP) is 0.592. The summed E-state index contributed by atoms with van der Waals surface area (Å²) in [4.78, 5) is 11.6. The van der Waals surface area contributed by atoms with Crippen molar-refractivity contribution in [3.63, 3.8) is 0 Å². The molecule has 1 heterocycles. The number of carbonyl (C=O) groups is 1. The van der Waals surface area contributed by atoms with Crippen LogP contribution in [0.2, 0.25) is 0 Å². The van der Waals surface area contributed by atoms with Crippen LogP contribution in [0.15, 0.2) is 0 Å². The van der Waals surface area contributed by atoms with E-state index in [9.17, 15) is 4.79 Å². The summed E-state index contributed by atoms with van der Waals surface area (Å²) >= 11 is 0. The van der Waals surface area contributed by atoms with Crippen molar-refractivity contribution in [2.24, 2.45) is 11.7 Å². The second-order valence-electron chi connectivity index (χ2n) is 5.20. The lowest BCUT2D eigenvalue weighted by Crippen LogP contribution is -2.44. The van der Waals surface area contributed by atoms with Crippen LogP contribution in [-0.2, 0) is 4.74 Å². The Balaban J connectivity index is 1.59. The smallest absolute Gasteiger partial charge is 0.315 e. The highest BCUT2D eigenvalue weighted by molar-refractivity contribution is 5.74. The number of nitrogens with two attached hydrogens (primary N) is 1. The highest BCUT2D eigenvalue weighted by Crippen LogP contribution is 2.22. The molecule has 5 nitrogen and oxygen atoms in total. The molecule has 5 heteroatoms. The van der Waals surface area contributed by atoms with Gasteiger partial charge in [0.25, 0.3) is 0 Å². The van der Waals surface area contributed by atoms with Crippen molar-refractivity contribution in [1.82, 2.24) is 10.6 Å². The first-order valence-corrected chi connectivity index (χ1v) is 6.61. The minimum atomic E-state index is -0.0598. The van der Waals surface area contributed by atoms with E-state index < -0.39 is 0 Å². The Kier molecular flexibility index (Phi) is 4.62. The van der Waals surface area contributed by atoms with Crippen LogP contribution in [-0.4, -0.2) is 37.9 Å². The molecule has 0 bridgehead atoms. The molecule has 1 aliphatic heterocycles. The van der Waals surface area contributed by atoms with Gasteiger partial charge in [0.2, 0.25) is 0 Å². The standard InChI is InChI=1S/C12H23N3O2/c13-10-3-1-9(2-4-10)7-14-12(16)15-11-5-6-17-8-11/h9-11H,1-8,13H2,(H2,14,15,16). The van der Waals surface area contributed by atoms with E-state index in [-0.39, 0.29) is 12.1 Å². The first-order chi connectivity index (χ1) is 8.24. The number of rotatable bonds is 3. The number of amides is 2. The Bertz CT molecular complexity index is 246. The molecule has 4 N–H and O–H groups in total. The van der Waals surface area contributed by atoms with Gasteiger partial charge < -0.3 is 21.1 Å². The molecule has 2 fully saturated rings. The van der Waals surface area contributed by atoms with Crippen LogP contribution >= 0.6 is 0 Å². The van der Waals surface area contributed by atoms with E-state index in [2.05, 4.69) is 10.6 Å². The largest absolute Gasteiger partial charge is 0.379 e. The van der Waals surface area contributed by atoms with Crippen LogP contribution in [0, 0.1) is 5.92 Å². The van der Waals surface area contributed by atoms with E-state index in [1.807, 2.05) is 0 Å². The van der Waals surface area contributed by atoms with E-state index in [1.165, 1.54) is 0 Å². The molecule has 0 spiro atoms. The Morgan fingerprint density at radius 1 is 1.24 bits per heavy atom. The first-order valence-electron chi connectivity index (χ1n) is 6.61. The van der Waals surface area contributed by atoms with Gasteiger partial charge in [-0.25, -0.2) is 4.79 Å². The lowest BCUT2D eigenvalue weighted by molar-refractivity contribution is 0.188. The molecule has 1 unspecified atom stereocenters. The summed E-state index contributed by atoms with van der Waals surface area (Å²) in [6, 6.07) is 0.501. The van der Waals surface area contributed by atoms with Crippen molar-refractivity contribution in [3.8, 4) is 0 Å². The Morgan fingerprint density at radius 2 is 2.00 bits per heavy atom. The Hall–Kier alpha value is -0.810. The molecular weight excluding hydrogens is 218 g/mol. The molecule has 0 aromatic rings. The molecule has 1 saturated carbocycles. The van der Waals surface area contributed by atoms with Crippen molar-refractivity contribution in [1.29, 1.82) is 0 Å². The van der Waals surface area contributed by atoms with Crippen LogP contribution in [0.3, 0.4) is 0 Å². The van der Waals surface area contributed by atoms with Gasteiger partial charge in [0.05, 0.1) is 12.6 Å². The molecule has 98 valence electrons. The molecule has 0 aromatic heterocycles. The fourth-order valence-corrected chi connectivity index (χ4v) is 2.51. The molecule has 2 amide bonds. The van der Waals surface area contributed by atoms with Crippen LogP contribution in [0.4, 0.5) is 4.79 Å². The Labute approximate surface area is 102 Å². The first kappa shape index (κ1) is 12.6. The summed E-state index contributed by atoms with van der Waals surface area (Å²) in [5.74, 6) is 0.598. The van der Waals surface area contributed by atoms with E-state index in [1.54, 1.807) is 0 Å². The molecule has 0 radical (unpaired) electrons. The van der Waals surface area contributed by atoms with Gasteiger partial charge >= 0.3 is 6.03 Å². The van der Waals surface area contributed by atoms with Crippen molar-refractivity contribution in [3.05, 3.63) is 0 Å². The lowest BCUT2D eigenvalue weighted by atomic mass is 9.86. The maximum Gasteiger partial charge on any atom is 0.315 e.